The monoisotopic (exact) mass is 404 g/mol. The van der Waals surface area contributed by atoms with Gasteiger partial charge in [-0.1, -0.05) is 12.1 Å². The summed E-state index contributed by atoms with van der Waals surface area (Å²) in [4.78, 5) is 10.7. The standard InChI is InChI=1S/C21H24N8O/c1-30-18-4-2-3-15(5-8-29-9-6-23-7-10-29)21(18)17-11-19(28-27-17)26-20-14-24-16(12-22)13-25-20/h2-4,11,13-14,23H,5-10H2,1H3,(H2,25,26,27,28). The van der Waals surface area contributed by atoms with E-state index in [9.17, 15) is 0 Å². The Balaban J connectivity index is 1.54. The topological polar surface area (TPSA) is 115 Å². The molecule has 9 heteroatoms. The minimum atomic E-state index is 0.270. The molecule has 0 unspecified atom stereocenters. The number of benzene rings is 1. The van der Waals surface area contributed by atoms with Gasteiger partial charge in [0.25, 0.3) is 0 Å². The van der Waals surface area contributed by atoms with E-state index in [4.69, 9.17) is 10.00 Å². The van der Waals surface area contributed by atoms with Gasteiger partial charge in [-0.2, -0.15) is 10.4 Å². The van der Waals surface area contributed by atoms with Crippen molar-refractivity contribution in [3.63, 3.8) is 0 Å². The molecule has 1 aromatic carbocycles. The average Bonchev–Trinajstić information content (AvgIpc) is 3.26. The molecule has 0 amide bonds. The molecule has 30 heavy (non-hydrogen) atoms. The van der Waals surface area contributed by atoms with Gasteiger partial charge in [-0.25, -0.2) is 9.97 Å². The Morgan fingerprint density at radius 3 is 2.80 bits per heavy atom. The normalized spacial score (nSPS) is 14.3. The number of aromatic amines is 1. The number of hydrogen-bond acceptors (Lipinski definition) is 8. The molecular weight excluding hydrogens is 380 g/mol. The van der Waals surface area contributed by atoms with Crippen molar-refractivity contribution in [2.45, 2.75) is 6.42 Å². The van der Waals surface area contributed by atoms with E-state index in [0.29, 0.717) is 11.6 Å². The molecule has 3 heterocycles. The largest absolute Gasteiger partial charge is 0.496 e. The maximum atomic E-state index is 8.84. The fourth-order valence-electron chi connectivity index (χ4n) is 3.57. The SMILES string of the molecule is COc1cccc(CCN2CCNCC2)c1-c1cc(Nc2cnc(C#N)cn2)n[nH]1. The summed E-state index contributed by atoms with van der Waals surface area (Å²) in [6.07, 6.45) is 3.86. The highest BCUT2D eigenvalue weighted by molar-refractivity contribution is 5.73. The zero-order valence-electron chi connectivity index (χ0n) is 16.9. The molecule has 3 N–H and O–H groups in total. The fraction of sp³-hybridized carbons (Fsp3) is 0.333. The van der Waals surface area contributed by atoms with Crippen LogP contribution in [0.25, 0.3) is 11.3 Å². The second kappa shape index (κ2) is 9.35. The van der Waals surface area contributed by atoms with E-state index in [2.05, 4.69) is 41.8 Å². The summed E-state index contributed by atoms with van der Waals surface area (Å²) in [5.41, 5.74) is 3.36. The highest BCUT2D eigenvalue weighted by atomic mass is 16.5. The Morgan fingerprint density at radius 1 is 1.20 bits per heavy atom. The van der Waals surface area contributed by atoms with Crippen LogP contribution in [0.3, 0.4) is 0 Å². The molecule has 1 aliphatic heterocycles. The minimum absolute atomic E-state index is 0.270. The third kappa shape index (κ3) is 4.56. The average molecular weight is 404 g/mol. The van der Waals surface area contributed by atoms with Gasteiger partial charge < -0.3 is 20.3 Å². The molecule has 4 rings (SSSR count). The first-order valence-corrected chi connectivity index (χ1v) is 9.90. The smallest absolute Gasteiger partial charge is 0.158 e. The maximum Gasteiger partial charge on any atom is 0.158 e. The molecule has 9 nitrogen and oxygen atoms in total. The number of methoxy groups -OCH3 is 1. The lowest BCUT2D eigenvalue weighted by atomic mass is 10.00. The first-order valence-electron chi connectivity index (χ1n) is 9.90. The van der Waals surface area contributed by atoms with E-state index in [0.717, 1.165) is 56.2 Å². The van der Waals surface area contributed by atoms with Crippen LogP contribution in [-0.2, 0) is 6.42 Å². The van der Waals surface area contributed by atoms with E-state index in [1.54, 1.807) is 7.11 Å². The molecule has 2 aromatic heterocycles. The number of nitrogens with one attached hydrogen (secondary N) is 3. The number of hydrogen-bond donors (Lipinski definition) is 3. The first-order chi connectivity index (χ1) is 14.8. The number of H-pyrrole nitrogens is 1. The van der Waals surface area contributed by atoms with Crippen LogP contribution in [0.1, 0.15) is 11.3 Å². The summed E-state index contributed by atoms with van der Waals surface area (Å²) in [7, 11) is 1.68. The van der Waals surface area contributed by atoms with Crippen LogP contribution in [0, 0.1) is 11.3 Å². The summed E-state index contributed by atoms with van der Waals surface area (Å²) in [6.45, 7) is 5.23. The Kier molecular flexibility index (Phi) is 6.17. The third-order valence-electron chi connectivity index (χ3n) is 5.11. The van der Waals surface area contributed by atoms with Crippen molar-refractivity contribution < 1.29 is 4.74 Å². The van der Waals surface area contributed by atoms with Crippen LogP contribution >= 0.6 is 0 Å². The van der Waals surface area contributed by atoms with Crippen molar-refractivity contribution in [3.05, 3.63) is 47.9 Å². The Bertz CT molecular complexity index is 1020. The molecule has 0 saturated carbocycles. The molecule has 1 fully saturated rings. The second-order valence-electron chi connectivity index (χ2n) is 7.03. The highest BCUT2D eigenvalue weighted by Gasteiger charge is 2.16. The van der Waals surface area contributed by atoms with Crippen LogP contribution in [0.5, 0.6) is 5.75 Å². The van der Waals surface area contributed by atoms with Gasteiger partial charge in [0.05, 0.1) is 25.2 Å². The molecule has 0 aliphatic carbocycles. The van der Waals surface area contributed by atoms with Gasteiger partial charge in [0.1, 0.15) is 17.6 Å². The lowest BCUT2D eigenvalue weighted by Gasteiger charge is -2.27. The fourth-order valence-corrected chi connectivity index (χ4v) is 3.57. The Hall–Kier alpha value is -3.48. The van der Waals surface area contributed by atoms with Crippen molar-refractivity contribution >= 4 is 11.6 Å². The number of nitrogens with zero attached hydrogens (tertiary/aromatic N) is 5. The first kappa shape index (κ1) is 19.8. The van der Waals surface area contributed by atoms with E-state index in [1.807, 2.05) is 24.3 Å². The number of anilines is 2. The van der Waals surface area contributed by atoms with E-state index >= 15 is 0 Å². The number of piperazine rings is 1. The number of rotatable bonds is 7. The molecule has 0 bridgehead atoms. The van der Waals surface area contributed by atoms with Crippen molar-refractivity contribution in [3.8, 4) is 23.1 Å². The van der Waals surface area contributed by atoms with Crippen LogP contribution in [-0.4, -0.2) is 64.9 Å². The second-order valence-corrected chi connectivity index (χ2v) is 7.03. The van der Waals surface area contributed by atoms with E-state index in [-0.39, 0.29) is 5.69 Å². The van der Waals surface area contributed by atoms with Crippen molar-refractivity contribution in [1.82, 2.24) is 30.4 Å². The molecule has 3 aromatic rings. The lowest BCUT2D eigenvalue weighted by Crippen LogP contribution is -2.44. The zero-order chi connectivity index (χ0) is 20.8. The highest BCUT2D eigenvalue weighted by Crippen LogP contribution is 2.34. The molecule has 1 aliphatic rings. The van der Waals surface area contributed by atoms with Gasteiger partial charge >= 0.3 is 0 Å². The summed E-state index contributed by atoms with van der Waals surface area (Å²) in [5, 5.41) is 22.8. The minimum Gasteiger partial charge on any atom is -0.496 e. The van der Waals surface area contributed by atoms with Gasteiger partial charge in [-0.05, 0) is 18.1 Å². The number of nitriles is 1. The number of ether oxygens (including phenoxy) is 1. The van der Waals surface area contributed by atoms with Crippen molar-refractivity contribution in [2.24, 2.45) is 0 Å². The van der Waals surface area contributed by atoms with Gasteiger partial charge in [0.15, 0.2) is 11.5 Å². The van der Waals surface area contributed by atoms with Crippen molar-refractivity contribution in [2.75, 3.05) is 45.2 Å². The zero-order valence-corrected chi connectivity index (χ0v) is 16.9. The van der Waals surface area contributed by atoms with Crippen LogP contribution in [0.2, 0.25) is 0 Å². The summed E-state index contributed by atoms with van der Waals surface area (Å²) in [6, 6.07) is 10.0. The third-order valence-corrected chi connectivity index (χ3v) is 5.11. The van der Waals surface area contributed by atoms with Gasteiger partial charge in [0, 0.05) is 44.4 Å². The maximum absolute atomic E-state index is 8.84. The van der Waals surface area contributed by atoms with Gasteiger partial charge in [-0.15, -0.1) is 0 Å². The molecule has 154 valence electrons. The molecule has 1 saturated heterocycles. The van der Waals surface area contributed by atoms with E-state index < -0.39 is 0 Å². The Labute approximate surface area is 175 Å². The number of aromatic nitrogens is 4. The summed E-state index contributed by atoms with van der Waals surface area (Å²) in [5.74, 6) is 1.94. The van der Waals surface area contributed by atoms with E-state index in [1.165, 1.54) is 18.0 Å². The van der Waals surface area contributed by atoms with Crippen LogP contribution < -0.4 is 15.4 Å². The van der Waals surface area contributed by atoms with Gasteiger partial charge in [-0.3, -0.25) is 5.10 Å². The van der Waals surface area contributed by atoms with Crippen LogP contribution in [0.15, 0.2) is 36.7 Å². The van der Waals surface area contributed by atoms with Crippen LogP contribution in [0.4, 0.5) is 11.6 Å². The molecule has 0 atom stereocenters. The molecular formula is C21H24N8O. The Morgan fingerprint density at radius 2 is 2.07 bits per heavy atom. The lowest BCUT2D eigenvalue weighted by molar-refractivity contribution is 0.244. The van der Waals surface area contributed by atoms with Crippen molar-refractivity contribution in [1.29, 1.82) is 5.26 Å². The summed E-state index contributed by atoms with van der Waals surface area (Å²) < 4.78 is 5.64. The quantitative estimate of drug-likeness (QED) is 0.547. The molecule has 0 radical (unpaired) electrons. The van der Waals surface area contributed by atoms with Gasteiger partial charge in [0.2, 0.25) is 0 Å². The summed E-state index contributed by atoms with van der Waals surface area (Å²) >= 11 is 0. The predicted molar refractivity (Wildman–Crippen MR) is 114 cm³/mol. The predicted octanol–water partition coefficient (Wildman–Crippen LogP) is 1.94. The molecule has 0 spiro atoms.